The average Bonchev–Trinajstić information content (AvgIpc) is 2.66. The first-order valence-corrected chi connectivity index (χ1v) is 7.36. The topological polar surface area (TPSA) is 79.8 Å². The molecule has 0 unspecified atom stereocenters. The largest absolute Gasteiger partial charge is 0.494 e. The van der Waals surface area contributed by atoms with Gasteiger partial charge in [-0.15, -0.1) is 0 Å². The number of nitrogens with one attached hydrogen (secondary N) is 2. The van der Waals surface area contributed by atoms with Crippen molar-refractivity contribution in [2.75, 3.05) is 18.5 Å². The first-order chi connectivity index (χ1) is 10.2. The Labute approximate surface area is 131 Å². The van der Waals surface area contributed by atoms with Gasteiger partial charge in [0.2, 0.25) is 0 Å². The molecule has 0 aliphatic carbocycles. The normalized spacial score (nSPS) is 19.0. The summed E-state index contributed by atoms with van der Waals surface area (Å²) < 4.78 is 11.9. The minimum Gasteiger partial charge on any atom is -0.399 e. The Bertz CT molecular complexity index is 515. The van der Waals surface area contributed by atoms with Crippen LogP contribution in [0.2, 0.25) is 0 Å². The second-order valence-corrected chi connectivity index (χ2v) is 6.31. The molecule has 1 aromatic carbocycles. The summed E-state index contributed by atoms with van der Waals surface area (Å²) in [5.74, 6) is 0. The second kappa shape index (κ2) is 6.28. The van der Waals surface area contributed by atoms with Gasteiger partial charge >= 0.3 is 13.1 Å². The fraction of sp³-hybridized carbons (Fsp3) is 0.533. The lowest BCUT2D eigenvalue weighted by molar-refractivity contribution is 0.00578. The molecule has 1 aliphatic heterocycles. The molecule has 3 N–H and O–H groups in total. The van der Waals surface area contributed by atoms with E-state index < -0.39 is 7.12 Å². The molecule has 2 rings (SSSR count). The average molecular weight is 306 g/mol. The monoisotopic (exact) mass is 306 g/mol. The van der Waals surface area contributed by atoms with Crippen LogP contribution in [0.15, 0.2) is 24.3 Å². The van der Waals surface area contributed by atoms with Gasteiger partial charge in [0, 0.05) is 12.2 Å². The quantitative estimate of drug-likeness (QED) is 0.728. The summed E-state index contributed by atoms with van der Waals surface area (Å²) in [5.41, 5.74) is 0.813. The molecule has 1 aromatic rings. The highest BCUT2D eigenvalue weighted by atomic mass is 16.7. The molecule has 1 aliphatic rings. The lowest BCUT2D eigenvalue weighted by Crippen LogP contribution is -2.41. The maximum absolute atomic E-state index is 11.5. The van der Waals surface area contributed by atoms with E-state index in [0.29, 0.717) is 5.69 Å². The van der Waals surface area contributed by atoms with E-state index in [4.69, 9.17) is 14.4 Å². The molecule has 22 heavy (non-hydrogen) atoms. The van der Waals surface area contributed by atoms with Crippen molar-refractivity contribution in [1.82, 2.24) is 5.32 Å². The van der Waals surface area contributed by atoms with Crippen LogP contribution in [0.25, 0.3) is 0 Å². The molecular formula is C15H23BN2O4. The molecule has 1 fully saturated rings. The Kier molecular flexibility index (Phi) is 4.79. The molecule has 1 heterocycles. The van der Waals surface area contributed by atoms with Crippen molar-refractivity contribution in [3.8, 4) is 0 Å². The third-order valence-electron chi connectivity index (χ3n) is 4.09. The van der Waals surface area contributed by atoms with E-state index in [-0.39, 0.29) is 30.4 Å². The van der Waals surface area contributed by atoms with Crippen LogP contribution in [-0.2, 0) is 9.31 Å². The number of amides is 2. The number of aliphatic hydroxyl groups excluding tert-OH is 1. The van der Waals surface area contributed by atoms with E-state index in [1.807, 2.05) is 39.8 Å². The maximum atomic E-state index is 11.5. The van der Waals surface area contributed by atoms with Gasteiger partial charge in [-0.05, 0) is 45.3 Å². The van der Waals surface area contributed by atoms with Crippen LogP contribution >= 0.6 is 0 Å². The summed E-state index contributed by atoms with van der Waals surface area (Å²) in [6.45, 7) is 8.16. The number of carbonyl (C=O) groups is 1. The standard InChI is InChI=1S/C15H23BN2O4/c1-14(2)15(3,4)22-16(21-14)11-5-7-12(8-6-11)18-13(20)17-9-10-19/h5-8,19H,9-10H2,1-4H3,(H2,17,18,20). The van der Waals surface area contributed by atoms with Crippen LogP contribution in [0.4, 0.5) is 10.5 Å². The zero-order valence-electron chi connectivity index (χ0n) is 13.5. The number of hydrogen-bond donors (Lipinski definition) is 3. The van der Waals surface area contributed by atoms with Crippen molar-refractivity contribution < 1.29 is 19.2 Å². The van der Waals surface area contributed by atoms with Crippen LogP contribution in [0, 0.1) is 0 Å². The van der Waals surface area contributed by atoms with Crippen molar-refractivity contribution in [1.29, 1.82) is 0 Å². The van der Waals surface area contributed by atoms with Gasteiger partial charge in [-0.2, -0.15) is 0 Å². The minimum absolute atomic E-state index is 0.0890. The van der Waals surface area contributed by atoms with E-state index in [9.17, 15) is 4.79 Å². The van der Waals surface area contributed by atoms with Crippen LogP contribution in [0.5, 0.6) is 0 Å². The first-order valence-electron chi connectivity index (χ1n) is 7.36. The van der Waals surface area contributed by atoms with E-state index in [0.717, 1.165) is 5.46 Å². The Morgan fingerprint density at radius 1 is 1.14 bits per heavy atom. The summed E-state index contributed by atoms with van der Waals surface area (Å²) in [6.07, 6.45) is 0. The molecule has 0 radical (unpaired) electrons. The molecule has 0 saturated carbocycles. The summed E-state index contributed by atoms with van der Waals surface area (Å²) >= 11 is 0. The molecule has 0 aromatic heterocycles. The summed E-state index contributed by atoms with van der Waals surface area (Å²) in [6, 6.07) is 6.96. The summed E-state index contributed by atoms with van der Waals surface area (Å²) in [5, 5.41) is 13.9. The van der Waals surface area contributed by atoms with E-state index in [2.05, 4.69) is 10.6 Å². The number of anilines is 1. The molecule has 0 bridgehead atoms. The lowest BCUT2D eigenvalue weighted by Gasteiger charge is -2.32. The number of aliphatic hydroxyl groups is 1. The highest BCUT2D eigenvalue weighted by molar-refractivity contribution is 6.62. The molecule has 6 nitrogen and oxygen atoms in total. The number of benzene rings is 1. The summed E-state index contributed by atoms with van der Waals surface area (Å²) in [7, 11) is -0.415. The SMILES string of the molecule is CC1(C)OB(c2ccc(NC(=O)NCCO)cc2)OC1(C)C. The number of urea groups is 1. The number of rotatable bonds is 4. The molecule has 2 amide bonds. The van der Waals surface area contributed by atoms with Gasteiger partial charge in [0.05, 0.1) is 17.8 Å². The van der Waals surface area contributed by atoms with Gasteiger partial charge in [-0.1, -0.05) is 12.1 Å². The fourth-order valence-corrected chi connectivity index (χ4v) is 2.05. The second-order valence-electron chi connectivity index (χ2n) is 6.31. The Morgan fingerprint density at radius 3 is 2.18 bits per heavy atom. The smallest absolute Gasteiger partial charge is 0.399 e. The van der Waals surface area contributed by atoms with E-state index >= 15 is 0 Å². The third kappa shape index (κ3) is 3.60. The minimum atomic E-state index is -0.415. The van der Waals surface area contributed by atoms with Crippen LogP contribution in [0.1, 0.15) is 27.7 Å². The van der Waals surface area contributed by atoms with Crippen LogP contribution in [-0.4, -0.2) is 42.6 Å². The predicted octanol–water partition coefficient (Wildman–Crippen LogP) is 1.10. The van der Waals surface area contributed by atoms with Gasteiger partial charge in [-0.3, -0.25) is 0 Å². The molecule has 0 atom stereocenters. The maximum Gasteiger partial charge on any atom is 0.494 e. The zero-order chi connectivity index (χ0) is 16.4. The highest BCUT2D eigenvalue weighted by Crippen LogP contribution is 2.36. The fourth-order valence-electron chi connectivity index (χ4n) is 2.05. The summed E-state index contributed by atoms with van der Waals surface area (Å²) in [4.78, 5) is 11.5. The number of carbonyl (C=O) groups excluding carboxylic acids is 1. The molecular weight excluding hydrogens is 283 g/mol. The van der Waals surface area contributed by atoms with Gasteiger partial charge in [-0.25, -0.2) is 4.79 Å². The van der Waals surface area contributed by atoms with E-state index in [1.165, 1.54) is 0 Å². The van der Waals surface area contributed by atoms with Crippen molar-refractivity contribution in [2.24, 2.45) is 0 Å². The van der Waals surface area contributed by atoms with Crippen molar-refractivity contribution >= 4 is 24.3 Å². The van der Waals surface area contributed by atoms with Gasteiger partial charge in [0.15, 0.2) is 0 Å². The van der Waals surface area contributed by atoms with Crippen molar-refractivity contribution in [3.63, 3.8) is 0 Å². The molecule has 0 spiro atoms. The van der Waals surface area contributed by atoms with Crippen LogP contribution < -0.4 is 16.1 Å². The first kappa shape index (κ1) is 16.8. The molecule has 120 valence electrons. The van der Waals surface area contributed by atoms with Gasteiger partial charge < -0.3 is 25.0 Å². The number of hydrogen-bond acceptors (Lipinski definition) is 4. The zero-order valence-corrected chi connectivity index (χ0v) is 13.5. The molecule has 7 heteroatoms. The van der Waals surface area contributed by atoms with Crippen molar-refractivity contribution in [2.45, 2.75) is 38.9 Å². The van der Waals surface area contributed by atoms with Crippen molar-refractivity contribution in [3.05, 3.63) is 24.3 Å². The Balaban J connectivity index is 2.00. The Hall–Kier alpha value is -1.57. The van der Waals surface area contributed by atoms with Crippen LogP contribution in [0.3, 0.4) is 0 Å². The van der Waals surface area contributed by atoms with Gasteiger partial charge in [0.1, 0.15) is 0 Å². The predicted molar refractivity (Wildman–Crippen MR) is 86.3 cm³/mol. The highest BCUT2D eigenvalue weighted by Gasteiger charge is 2.51. The van der Waals surface area contributed by atoms with Gasteiger partial charge in [0.25, 0.3) is 0 Å². The Morgan fingerprint density at radius 2 is 1.68 bits per heavy atom. The molecule has 1 saturated heterocycles. The third-order valence-corrected chi connectivity index (χ3v) is 4.09. The lowest BCUT2D eigenvalue weighted by atomic mass is 9.79. The van der Waals surface area contributed by atoms with E-state index in [1.54, 1.807) is 12.1 Å².